The van der Waals surface area contributed by atoms with Gasteiger partial charge in [-0.3, -0.25) is 9.48 Å². The van der Waals surface area contributed by atoms with Gasteiger partial charge in [0.2, 0.25) is 0 Å². The third-order valence-corrected chi connectivity index (χ3v) is 6.20. The first-order valence-corrected chi connectivity index (χ1v) is 11.0. The first-order valence-electron chi connectivity index (χ1n) is 11.0. The monoisotopic (exact) mass is 428 g/mol. The second-order valence-electron chi connectivity index (χ2n) is 8.53. The zero-order valence-corrected chi connectivity index (χ0v) is 18.7. The Balaban J connectivity index is 1.63. The van der Waals surface area contributed by atoms with Crippen LogP contribution in [-0.4, -0.2) is 44.7 Å². The molecule has 2 atom stereocenters. The number of rotatable bonds is 5. The van der Waals surface area contributed by atoms with Gasteiger partial charge < -0.3 is 10.2 Å². The molecule has 1 N–H and O–H groups in total. The summed E-state index contributed by atoms with van der Waals surface area (Å²) in [5, 5.41) is 17.0. The minimum absolute atomic E-state index is 0.00654. The summed E-state index contributed by atoms with van der Waals surface area (Å²) in [7, 11) is 1.88. The maximum atomic E-state index is 13.8. The molecule has 1 amide bonds. The molecule has 4 rings (SSSR count). The number of hydrogen-bond acceptors (Lipinski definition) is 5. The summed E-state index contributed by atoms with van der Waals surface area (Å²) in [5.74, 6) is 0.931. The molecular formula is C25H28N6O. The van der Waals surface area contributed by atoms with Gasteiger partial charge in [0, 0.05) is 43.7 Å². The van der Waals surface area contributed by atoms with Crippen LogP contribution in [0.25, 0.3) is 11.1 Å². The molecule has 1 aliphatic rings. The molecule has 1 saturated heterocycles. The Morgan fingerprint density at radius 3 is 2.94 bits per heavy atom. The summed E-state index contributed by atoms with van der Waals surface area (Å²) < 4.78 is 1.75. The van der Waals surface area contributed by atoms with Crippen molar-refractivity contribution in [1.82, 2.24) is 19.7 Å². The fourth-order valence-corrected chi connectivity index (χ4v) is 4.45. The second-order valence-corrected chi connectivity index (χ2v) is 8.53. The number of carbonyl (C=O) groups excluding carboxylic acids is 1. The fourth-order valence-electron chi connectivity index (χ4n) is 4.45. The van der Waals surface area contributed by atoms with E-state index in [0.29, 0.717) is 36.0 Å². The van der Waals surface area contributed by atoms with Crippen molar-refractivity contribution in [3.05, 3.63) is 65.6 Å². The topological polar surface area (TPSA) is 86.8 Å². The lowest BCUT2D eigenvalue weighted by molar-refractivity contribution is 0.0540. The van der Waals surface area contributed by atoms with E-state index >= 15 is 0 Å². The van der Waals surface area contributed by atoms with E-state index < -0.39 is 0 Å². The van der Waals surface area contributed by atoms with Gasteiger partial charge in [0.25, 0.3) is 5.91 Å². The molecule has 2 unspecified atom stereocenters. The molecule has 7 nitrogen and oxygen atoms in total. The standard InChI is InChI=1S/C25H28N6O/c1-17-8-9-21(20-14-29-30(3)16-20)22(12-17)25(32)31-11-5-6-18(2)23(31)15-28-24-19(13-26)7-4-10-27-24/h4,7-10,12,14,16,18,23H,5-6,11,15H2,1-3H3,(H,27,28). The van der Waals surface area contributed by atoms with Crippen LogP contribution in [0.1, 0.15) is 41.3 Å². The minimum Gasteiger partial charge on any atom is -0.367 e. The summed E-state index contributed by atoms with van der Waals surface area (Å²) in [5.41, 5.74) is 4.09. The average molecular weight is 429 g/mol. The highest BCUT2D eigenvalue weighted by Crippen LogP contribution is 2.30. The number of carbonyl (C=O) groups is 1. The number of amides is 1. The molecule has 0 saturated carbocycles. The molecule has 32 heavy (non-hydrogen) atoms. The lowest BCUT2D eigenvalue weighted by Gasteiger charge is -2.40. The van der Waals surface area contributed by atoms with E-state index in [2.05, 4.69) is 28.4 Å². The van der Waals surface area contributed by atoms with E-state index in [-0.39, 0.29) is 11.9 Å². The van der Waals surface area contributed by atoms with Gasteiger partial charge in [0.1, 0.15) is 11.9 Å². The quantitative estimate of drug-likeness (QED) is 0.663. The van der Waals surface area contributed by atoms with E-state index in [1.807, 2.05) is 43.3 Å². The number of aromatic nitrogens is 3. The van der Waals surface area contributed by atoms with Gasteiger partial charge in [-0.25, -0.2) is 4.98 Å². The van der Waals surface area contributed by atoms with Crippen molar-refractivity contribution in [1.29, 1.82) is 5.26 Å². The number of nitrogens with one attached hydrogen (secondary N) is 1. The molecule has 0 bridgehead atoms. The van der Waals surface area contributed by atoms with Crippen LogP contribution in [0, 0.1) is 24.2 Å². The molecule has 2 aromatic heterocycles. The number of aryl methyl sites for hydroxylation is 2. The summed E-state index contributed by atoms with van der Waals surface area (Å²) in [6.45, 7) is 5.45. The Morgan fingerprint density at radius 1 is 1.34 bits per heavy atom. The van der Waals surface area contributed by atoms with Crippen molar-refractivity contribution >= 4 is 11.7 Å². The highest BCUT2D eigenvalue weighted by molar-refractivity contribution is 6.01. The van der Waals surface area contributed by atoms with Crippen LogP contribution in [0.3, 0.4) is 0 Å². The average Bonchev–Trinajstić information content (AvgIpc) is 3.23. The van der Waals surface area contributed by atoms with Gasteiger partial charge in [-0.1, -0.05) is 24.6 Å². The maximum absolute atomic E-state index is 13.8. The van der Waals surface area contributed by atoms with Crippen LogP contribution in [0.2, 0.25) is 0 Å². The lowest BCUT2D eigenvalue weighted by Crippen LogP contribution is -2.51. The maximum Gasteiger partial charge on any atom is 0.254 e. The van der Waals surface area contributed by atoms with Crippen molar-refractivity contribution in [3.8, 4) is 17.2 Å². The van der Waals surface area contributed by atoms with Crippen LogP contribution in [0.5, 0.6) is 0 Å². The van der Waals surface area contributed by atoms with Crippen LogP contribution in [0.4, 0.5) is 5.82 Å². The van der Waals surface area contributed by atoms with Gasteiger partial charge >= 0.3 is 0 Å². The van der Waals surface area contributed by atoms with E-state index in [1.165, 1.54) is 0 Å². The van der Waals surface area contributed by atoms with Gasteiger partial charge in [-0.15, -0.1) is 0 Å². The predicted octanol–water partition coefficient (Wildman–Crippen LogP) is 4.02. The highest BCUT2D eigenvalue weighted by atomic mass is 16.2. The summed E-state index contributed by atoms with van der Waals surface area (Å²) in [6, 6.07) is 11.7. The van der Waals surface area contributed by atoms with Crippen molar-refractivity contribution in [2.24, 2.45) is 13.0 Å². The summed E-state index contributed by atoms with van der Waals surface area (Å²) >= 11 is 0. The summed E-state index contributed by atoms with van der Waals surface area (Å²) in [6.07, 6.45) is 7.44. The number of anilines is 1. The Labute approximate surface area is 188 Å². The van der Waals surface area contributed by atoms with Gasteiger partial charge in [-0.05, 0) is 49.4 Å². The third-order valence-electron chi connectivity index (χ3n) is 6.20. The molecule has 0 spiro atoms. The predicted molar refractivity (Wildman–Crippen MR) is 124 cm³/mol. The smallest absolute Gasteiger partial charge is 0.254 e. The van der Waals surface area contributed by atoms with Crippen LogP contribution < -0.4 is 5.32 Å². The number of pyridine rings is 1. The van der Waals surface area contributed by atoms with E-state index in [1.54, 1.807) is 29.2 Å². The first-order chi connectivity index (χ1) is 15.5. The van der Waals surface area contributed by atoms with Crippen molar-refractivity contribution in [2.45, 2.75) is 32.7 Å². The molecule has 1 aliphatic heterocycles. The SMILES string of the molecule is Cc1ccc(-c2cnn(C)c2)c(C(=O)N2CCCC(C)C2CNc2ncccc2C#N)c1. The fraction of sp³-hybridized carbons (Fsp3) is 0.360. The van der Waals surface area contributed by atoms with Crippen molar-refractivity contribution < 1.29 is 4.79 Å². The molecule has 0 aliphatic carbocycles. The summed E-state index contributed by atoms with van der Waals surface area (Å²) in [4.78, 5) is 20.1. The molecule has 3 heterocycles. The first kappa shape index (κ1) is 21.6. The largest absolute Gasteiger partial charge is 0.367 e. The van der Waals surface area contributed by atoms with Crippen molar-refractivity contribution in [3.63, 3.8) is 0 Å². The van der Waals surface area contributed by atoms with E-state index in [4.69, 9.17) is 0 Å². The number of nitrogens with zero attached hydrogens (tertiary/aromatic N) is 5. The number of likely N-dealkylation sites (tertiary alicyclic amines) is 1. The van der Waals surface area contributed by atoms with E-state index in [0.717, 1.165) is 29.5 Å². The van der Waals surface area contributed by atoms with Gasteiger partial charge in [0.15, 0.2) is 0 Å². The molecule has 7 heteroatoms. The molecule has 1 fully saturated rings. The van der Waals surface area contributed by atoms with Crippen molar-refractivity contribution in [2.75, 3.05) is 18.4 Å². The molecule has 3 aromatic rings. The Morgan fingerprint density at radius 2 is 2.19 bits per heavy atom. The van der Waals surface area contributed by atoms with Gasteiger partial charge in [-0.2, -0.15) is 10.4 Å². The lowest BCUT2D eigenvalue weighted by atomic mass is 9.89. The molecule has 164 valence electrons. The molecular weight excluding hydrogens is 400 g/mol. The number of hydrogen-bond donors (Lipinski definition) is 1. The third kappa shape index (κ3) is 4.35. The van der Waals surface area contributed by atoms with Crippen LogP contribution in [-0.2, 0) is 7.05 Å². The highest BCUT2D eigenvalue weighted by Gasteiger charge is 2.33. The van der Waals surface area contributed by atoms with Gasteiger partial charge in [0.05, 0.1) is 17.8 Å². The number of benzene rings is 1. The van der Waals surface area contributed by atoms with E-state index in [9.17, 15) is 10.1 Å². The zero-order valence-electron chi connectivity index (χ0n) is 18.7. The Kier molecular flexibility index (Phi) is 6.22. The number of piperidine rings is 1. The normalized spacial score (nSPS) is 18.2. The zero-order chi connectivity index (χ0) is 22.7. The number of nitriles is 1. The Bertz CT molecular complexity index is 1160. The van der Waals surface area contributed by atoms with Crippen LogP contribution >= 0.6 is 0 Å². The second kappa shape index (κ2) is 9.23. The molecule has 0 radical (unpaired) electrons. The minimum atomic E-state index is 0.00654. The Hall–Kier alpha value is -3.66. The molecule has 1 aromatic carbocycles. The van der Waals surface area contributed by atoms with Crippen LogP contribution in [0.15, 0.2) is 48.9 Å².